The summed E-state index contributed by atoms with van der Waals surface area (Å²) < 4.78 is 22.7. The number of amides is 1. The third-order valence-corrected chi connectivity index (χ3v) is 5.54. The van der Waals surface area contributed by atoms with Crippen LogP contribution in [0.15, 0.2) is 24.3 Å². The molecule has 1 fully saturated rings. The first kappa shape index (κ1) is 15.8. The average molecular weight is 311 g/mol. The van der Waals surface area contributed by atoms with Crippen LogP contribution >= 0.6 is 0 Å². The number of benzene rings is 1. The first-order chi connectivity index (χ1) is 9.85. The third-order valence-electron chi connectivity index (χ3n) is 3.83. The molecular formula is C15H21NO4S. The van der Waals surface area contributed by atoms with Crippen molar-refractivity contribution < 1.29 is 18.3 Å². The van der Waals surface area contributed by atoms with Gasteiger partial charge in [0.2, 0.25) is 5.91 Å². The van der Waals surface area contributed by atoms with Crippen LogP contribution in [-0.4, -0.2) is 37.0 Å². The van der Waals surface area contributed by atoms with E-state index < -0.39 is 9.84 Å². The summed E-state index contributed by atoms with van der Waals surface area (Å²) in [6, 6.07) is 6.76. The van der Waals surface area contributed by atoms with Crippen molar-refractivity contribution in [1.29, 1.82) is 0 Å². The second-order valence-corrected chi connectivity index (χ2v) is 8.01. The predicted molar refractivity (Wildman–Crippen MR) is 80.8 cm³/mol. The standard InChI is InChI=1S/C15H21NO4S/c1-11(10-12-2-4-14(17)5-3-12)15(18)16-13-6-8-21(19,20)9-7-13/h2-5,11,13,17H,6-10H2,1H3,(H,16,18). The van der Waals surface area contributed by atoms with E-state index >= 15 is 0 Å². The van der Waals surface area contributed by atoms with Crippen molar-refractivity contribution in [1.82, 2.24) is 5.32 Å². The van der Waals surface area contributed by atoms with Gasteiger partial charge in [-0.2, -0.15) is 0 Å². The van der Waals surface area contributed by atoms with E-state index in [9.17, 15) is 18.3 Å². The molecule has 116 valence electrons. The van der Waals surface area contributed by atoms with Crippen LogP contribution in [0.2, 0.25) is 0 Å². The van der Waals surface area contributed by atoms with E-state index in [0.717, 1.165) is 5.56 Å². The van der Waals surface area contributed by atoms with Crippen molar-refractivity contribution >= 4 is 15.7 Å². The van der Waals surface area contributed by atoms with Gasteiger partial charge in [-0.25, -0.2) is 8.42 Å². The first-order valence-electron chi connectivity index (χ1n) is 7.14. The van der Waals surface area contributed by atoms with E-state index in [2.05, 4.69) is 5.32 Å². The minimum atomic E-state index is -2.90. The van der Waals surface area contributed by atoms with Gasteiger partial charge >= 0.3 is 0 Å². The molecule has 1 unspecified atom stereocenters. The summed E-state index contributed by atoms with van der Waals surface area (Å²) in [6.07, 6.45) is 1.59. The molecule has 0 bridgehead atoms. The number of hydrogen-bond donors (Lipinski definition) is 2. The van der Waals surface area contributed by atoms with E-state index in [1.807, 2.05) is 6.92 Å². The highest BCUT2D eigenvalue weighted by Gasteiger charge is 2.26. The van der Waals surface area contributed by atoms with Crippen molar-refractivity contribution in [2.24, 2.45) is 5.92 Å². The molecule has 1 aromatic rings. The Morgan fingerprint density at radius 3 is 2.43 bits per heavy atom. The van der Waals surface area contributed by atoms with Crippen LogP contribution in [0.4, 0.5) is 0 Å². The van der Waals surface area contributed by atoms with Gasteiger partial charge in [-0.1, -0.05) is 19.1 Å². The molecule has 1 aromatic carbocycles. The highest BCUT2D eigenvalue weighted by molar-refractivity contribution is 7.91. The Bertz CT molecular complexity index is 581. The predicted octanol–water partition coefficient (Wildman–Crippen LogP) is 1.26. The maximum absolute atomic E-state index is 12.1. The maximum atomic E-state index is 12.1. The fraction of sp³-hybridized carbons (Fsp3) is 0.533. The Morgan fingerprint density at radius 1 is 1.29 bits per heavy atom. The lowest BCUT2D eigenvalue weighted by atomic mass is 9.99. The van der Waals surface area contributed by atoms with Crippen LogP contribution in [0.1, 0.15) is 25.3 Å². The van der Waals surface area contributed by atoms with Crippen LogP contribution in [0.5, 0.6) is 5.75 Å². The smallest absolute Gasteiger partial charge is 0.223 e. The Kier molecular flexibility index (Phi) is 4.88. The second-order valence-electron chi connectivity index (χ2n) is 5.71. The third kappa shape index (κ3) is 4.74. The van der Waals surface area contributed by atoms with Crippen molar-refractivity contribution in [2.45, 2.75) is 32.2 Å². The van der Waals surface area contributed by atoms with Crippen LogP contribution < -0.4 is 5.32 Å². The molecule has 0 saturated carbocycles. The molecule has 1 atom stereocenters. The molecule has 1 aliphatic rings. The fourth-order valence-corrected chi connectivity index (χ4v) is 3.95. The summed E-state index contributed by atoms with van der Waals surface area (Å²) in [7, 11) is -2.90. The van der Waals surface area contributed by atoms with Gasteiger partial charge in [-0.3, -0.25) is 4.79 Å². The minimum Gasteiger partial charge on any atom is -0.508 e. The minimum absolute atomic E-state index is 0.0386. The lowest BCUT2D eigenvalue weighted by Crippen LogP contribution is -2.43. The van der Waals surface area contributed by atoms with E-state index in [1.165, 1.54) is 0 Å². The number of phenolic OH excluding ortho intramolecular Hbond substituents is 1. The van der Waals surface area contributed by atoms with Crippen molar-refractivity contribution in [3.05, 3.63) is 29.8 Å². The Labute approximate surface area is 125 Å². The topological polar surface area (TPSA) is 83.5 Å². The van der Waals surface area contributed by atoms with Gasteiger partial charge in [-0.05, 0) is 37.0 Å². The Balaban J connectivity index is 1.84. The summed E-state index contributed by atoms with van der Waals surface area (Å²) in [5.41, 5.74) is 0.988. The summed E-state index contributed by atoms with van der Waals surface area (Å²) in [5.74, 6) is 0.286. The number of phenols is 1. The molecule has 0 spiro atoms. The maximum Gasteiger partial charge on any atom is 0.223 e. The number of carbonyl (C=O) groups excluding carboxylic acids is 1. The van der Waals surface area contributed by atoms with E-state index in [1.54, 1.807) is 24.3 Å². The summed E-state index contributed by atoms with van der Waals surface area (Å²) in [5, 5.41) is 12.2. The molecule has 0 aliphatic carbocycles. The van der Waals surface area contributed by atoms with Gasteiger partial charge in [0.25, 0.3) is 0 Å². The molecule has 5 nitrogen and oxygen atoms in total. The summed E-state index contributed by atoms with van der Waals surface area (Å²) in [4.78, 5) is 12.1. The molecular weight excluding hydrogens is 290 g/mol. The molecule has 1 aliphatic heterocycles. The second kappa shape index (κ2) is 6.47. The summed E-state index contributed by atoms with van der Waals surface area (Å²) in [6.45, 7) is 1.85. The molecule has 1 amide bonds. The number of carbonyl (C=O) groups is 1. The van der Waals surface area contributed by atoms with Gasteiger partial charge in [-0.15, -0.1) is 0 Å². The molecule has 21 heavy (non-hydrogen) atoms. The molecule has 1 saturated heterocycles. The summed E-state index contributed by atoms with van der Waals surface area (Å²) >= 11 is 0. The normalized spacial score (nSPS) is 19.9. The molecule has 2 rings (SSSR count). The average Bonchev–Trinajstić information content (AvgIpc) is 2.43. The van der Waals surface area contributed by atoms with Crippen LogP contribution in [0, 0.1) is 5.92 Å². The number of hydrogen-bond acceptors (Lipinski definition) is 4. The quantitative estimate of drug-likeness (QED) is 0.877. The zero-order valence-electron chi connectivity index (χ0n) is 12.1. The molecule has 6 heteroatoms. The van der Waals surface area contributed by atoms with Gasteiger partial charge in [0.05, 0.1) is 11.5 Å². The van der Waals surface area contributed by atoms with Crippen LogP contribution in [-0.2, 0) is 21.1 Å². The molecule has 2 N–H and O–H groups in total. The highest BCUT2D eigenvalue weighted by atomic mass is 32.2. The SMILES string of the molecule is CC(Cc1ccc(O)cc1)C(=O)NC1CCS(=O)(=O)CC1. The number of aromatic hydroxyl groups is 1. The molecule has 0 radical (unpaired) electrons. The van der Waals surface area contributed by atoms with Gasteiger partial charge in [0, 0.05) is 12.0 Å². The van der Waals surface area contributed by atoms with Crippen molar-refractivity contribution in [2.75, 3.05) is 11.5 Å². The highest BCUT2D eigenvalue weighted by Crippen LogP contribution is 2.16. The van der Waals surface area contributed by atoms with Gasteiger partial charge in [0.1, 0.15) is 15.6 Å². The number of nitrogens with one attached hydrogen (secondary N) is 1. The lowest BCUT2D eigenvalue weighted by molar-refractivity contribution is -0.125. The van der Waals surface area contributed by atoms with Crippen LogP contribution in [0.3, 0.4) is 0 Å². The Morgan fingerprint density at radius 2 is 1.86 bits per heavy atom. The zero-order chi connectivity index (χ0) is 15.5. The fourth-order valence-electron chi connectivity index (χ4n) is 2.46. The van der Waals surface area contributed by atoms with Crippen LogP contribution in [0.25, 0.3) is 0 Å². The van der Waals surface area contributed by atoms with E-state index in [0.29, 0.717) is 19.3 Å². The molecule has 0 aromatic heterocycles. The van der Waals surface area contributed by atoms with Crippen molar-refractivity contribution in [3.63, 3.8) is 0 Å². The van der Waals surface area contributed by atoms with Gasteiger partial charge in [0.15, 0.2) is 0 Å². The van der Waals surface area contributed by atoms with Gasteiger partial charge < -0.3 is 10.4 Å². The van der Waals surface area contributed by atoms with E-state index in [4.69, 9.17) is 0 Å². The zero-order valence-corrected chi connectivity index (χ0v) is 12.9. The number of sulfone groups is 1. The Hall–Kier alpha value is -1.56. The first-order valence-corrected chi connectivity index (χ1v) is 8.96. The molecule has 1 heterocycles. The van der Waals surface area contributed by atoms with E-state index in [-0.39, 0.29) is 35.1 Å². The van der Waals surface area contributed by atoms with Crippen molar-refractivity contribution in [3.8, 4) is 5.75 Å². The number of rotatable bonds is 4. The monoisotopic (exact) mass is 311 g/mol. The lowest BCUT2D eigenvalue weighted by Gasteiger charge is -2.24. The largest absolute Gasteiger partial charge is 0.508 e.